The molecule has 0 atom stereocenters. The molecule has 1 amide bonds. The van der Waals surface area contributed by atoms with Gasteiger partial charge in [-0.05, 0) is 11.4 Å². The molecule has 24 heavy (non-hydrogen) atoms. The topological polar surface area (TPSA) is 79.3 Å². The first kappa shape index (κ1) is 18.9. The molecule has 9 heteroatoms. The third-order valence-corrected chi connectivity index (χ3v) is 4.81. The lowest BCUT2D eigenvalue weighted by Crippen LogP contribution is -2.46. The third kappa shape index (κ3) is 4.76. The summed E-state index contributed by atoms with van der Waals surface area (Å²) < 4.78 is 1.50. The van der Waals surface area contributed by atoms with Gasteiger partial charge in [0.05, 0.1) is 11.7 Å². The van der Waals surface area contributed by atoms with Crippen molar-refractivity contribution in [2.45, 2.75) is 13.0 Å². The van der Waals surface area contributed by atoms with Crippen LogP contribution in [-0.2, 0) is 11.3 Å². The molecule has 2 N–H and O–H groups in total. The number of fused-ring (bicyclic) bond motifs is 1. The Morgan fingerprint density at radius 2 is 2.12 bits per heavy atom. The number of thiophene rings is 1. The van der Waals surface area contributed by atoms with E-state index in [0.717, 1.165) is 37.6 Å². The number of nitrogens with one attached hydrogen (secondary N) is 2. The van der Waals surface area contributed by atoms with Crippen LogP contribution in [0.25, 0.3) is 10.2 Å². The number of amides is 1. The highest BCUT2D eigenvalue weighted by atomic mass is 35.5. The van der Waals surface area contributed by atoms with Crippen LogP contribution in [0, 0.1) is 0 Å². The van der Waals surface area contributed by atoms with Gasteiger partial charge in [0.15, 0.2) is 0 Å². The Bertz CT molecular complexity index is 726. The van der Waals surface area contributed by atoms with Crippen LogP contribution < -0.4 is 16.2 Å². The molecule has 3 rings (SSSR count). The van der Waals surface area contributed by atoms with Crippen LogP contribution >= 0.6 is 23.7 Å². The summed E-state index contributed by atoms with van der Waals surface area (Å²) in [5.74, 6) is -0.0301. The van der Waals surface area contributed by atoms with E-state index in [-0.39, 0.29) is 23.9 Å². The second kappa shape index (κ2) is 9.12. The Hall–Kier alpha value is -1.48. The van der Waals surface area contributed by atoms with Gasteiger partial charge in [-0.1, -0.05) is 0 Å². The number of aromatic nitrogens is 2. The van der Waals surface area contributed by atoms with Crippen molar-refractivity contribution < 1.29 is 4.79 Å². The molecule has 7 nitrogen and oxygen atoms in total. The maximum Gasteiger partial charge on any atom is 0.262 e. The van der Waals surface area contributed by atoms with Gasteiger partial charge in [0.2, 0.25) is 5.91 Å². The molecule has 1 saturated heterocycles. The zero-order chi connectivity index (χ0) is 16.1. The molecule has 0 aliphatic carbocycles. The molecule has 0 radical (unpaired) electrons. The molecule has 0 bridgehead atoms. The number of piperazine rings is 1. The molecule has 0 aromatic carbocycles. The predicted molar refractivity (Wildman–Crippen MR) is 98.1 cm³/mol. The Balaban J connectivity index is 0.00000208. The lowest BCUT2D eigenvalue weighted by atomic mass is 10.3. The second-order valence-corrected chi connectivity index (χ2v) is 6.47. The summed E-state index contributed by atoms with van der Waals surface area (Å²) in [5, 5.41) is 8.69. The average molecular weight is 372 g/mol. The van der Waals surface area contributed by atoms with Crippen molar-refractivity contribution in [3.8, 4) is 0 Å². The number of nitrogens with zero attached hydrogens (tertiary/aromatic N) is 3. The number of halogens is 1. The minimum absolute atomic E-state index is 0. The van der Waals surface area contributed by atoms with Crippen molar-refractivity contribution in [2.24, 2.45) is 0 Å². The fourth-order valence-electron chi connectivity index (χ4n) is 2.65. The molecular weight excluding hydrogens is 350 g/mol. The summed E-state index contributed by atoms with van der Waals surface area (Å²) in [4.78, 5) is 31.4. The normalized spacial score (nSPS) is 15.2. The van der Waals surface area contributed by atoms with Crippen molar-refractivity contribution in [1.82, 2.24) is 25.1 Å². The Kier molecular flexibility index (Phi) is 7.16. The summed E-state index contributed by atoms with van der Waals surface area (Å²) in [6, 6.07) is 1.78. The standard InChI is InChI=1S/C15H21N5O2S.ClH/c21-13(17-5-9-19-7-3-16-4-8-19)1-6-20-11-18-14-12(15(20)22)2-10-23-14;/h2,10-11,16H,1,3-9H2,(H,17,21);1H. The van der Waals surface area contributed by atoms with Crippen LogP contribution in [-0.4, -0.2) is 59.6 Å². The summed E-state index contributed by atoms with van der Waals surface area (Å²) in [5.41, 5.74) is -0.0788. The van der Waals surface area contributed by atoms with Crippen LogP contribution in [0.5, 0.6) is 0 Å². The lowest BCUT2D eigenvalue weighted by molar-refractivity contribution is -0.121. The number of carbonyl (C=O) groups excluding carboxylic acids is 1. The number of carbonyl (C=O) groups is 1. The summed E-state index contributed by atoms with van der Waals surface area (Å²) in [7, 11) is 0. The molecule has 132 valence electrons. The van der Waals surface area contributed by atoms with E-state index in [1.165, 1.54) is 22.2 Å². The Morgan fingerprint density at radius 3 is 2.92 bits per heavy atom. The van der Waals surface area contributed by atoms with Crippen molar-refractivity contribution >= 4 is 39.9 Å². The van der Waals surface area contributed by atoms with Gasteiger partial charge in [0.25, 0.3) is 5.56 Å². The second-order valence-electron chi connectivity index (χ2n) is 5.57. The highest BCUT2D eigenvalue weighted by Gasteiger charge is 2.10. The fraction of sp³-hybridized carbons (Fsp3) is 0.533. The Morgan fingerprint density at radius 1 is 1.33 bits per heavy atom. The van der Waals surface area contributed by atoms with E-state index < -0.39 is 0 Å². The first-order chi connectivity index (χ1) is 11.2. The van der Waals surface area contributed by atoms with E-state index >= 15 is 0 Å². The molecular formula is C15H22ClN5O2S. The number of hydrogen-bond donors (Lipinski definition) is 2. The minimum Gasteiger partial charge on any atom is -0.355 e. The molecule has 2 aromatic rings. The van der Waals surface area contributed by atoms with E-state index in [2.05, 4.69) is 20.5 Å². The molecule has 3 heterocycles. The van der Waals surface area contributed by atoms with Crippen molar-refractivity contribution in [3.63, 3.8) is 0 Å². The average Bonchev–Trinajstić information content (AvgIpc) is 3.05. The van der Waals surface area contributed by atoms with Crippen LogP contribution in [0.1, 0.15) is 6.42 Å². The van der Waals surface area contributed by atoms with Gasteiger partial charge in [-0.3, -0.25) is 19.1 Å². The monoisotopic (exact) mass is 371 g/mol. The molecule has 1 fully saturated rings. The third-order valence-electron chi connectivity index (χ3n) is 3.99. The predicted octanol–water partition coefficient (Wildman–Crippen LogP) is 0.291. The first-order valence-corrected chi connectivity index (χ1v) is 8.74. The van der Waals surface area contributed by atoms with E-state index in [0.29, 0.717) is 24.9 Å². The minimum atomic E-state index is -0.0788. The quantitative estimate of drug-likeness (QED) is 0.763. The largest absolute Gasteiger partial charge is 0.355 e. The molecule has 0 spiro atoms. The molecule has 1 aliphatic heterocycles. The maximum absolute atomic E-state index is 12.2. The number of aryl methyl sites for hydroxylation is 1. The summed E-state index contributed by atoms with van der Waals surface area (Å²) in [6.07, 6.45) is 1.81. The SMILES string of the molecule is Cl.O=C(CCn1cnc2sccc2c1=O)NCCN1CCNCC1. The van der Waals surface area contributed by atoms with Crippen molar-refractivity contribution in [3.05, 3.63) is 28.1 Å². The first-order valence-electron chi connectivity index (χ1n) is 7.86. The van der Waals surface area contributed by atoms with Crippen LogP contribution in [0.4, 0.5) is 0 Å². The van der Waals surface area contributed by atoms with Gasteiger partial charge < -0.3 is 10.6 Å². The van der Waals surface area contributed by atoms with Crippen LogP contribution in [0.15, 0.2) is 22.6 Å². The molecule has 0 unspecified atom stereocenters. The van der Waals surface area contributed by atoms with E-state index in [1.807, 2.05) is 5.38 Å². The zero-order valence-electron chi connectivity index (χ0n) is 13.4. The Labute approximate surface area is 150 Å². The fourth-order valence-corrected chi connectivity index (χ4v) is 3.37. The van der Waals surface area contributed by atoms with Crippen LogP contribution in [0.3, 0.4) is 0 Å². The van der Waals surface area contributed by atoms with Crippen molar-refractivity contribution in [2.75, 3.05) is 39.3 Å². The van der Waals surface area contributed by atoms with Gasteiger partial charge in [-0.2, -0.15) is 0 Å². The van der Waals surface area contributed by atoms with E-state index in [4.69, 9.17) is 0 Å². The van der Waals surface area contributed by atoms with E-state index in [1.54, 1.807) is 6.07 Å². The zero-order valence-corrected chi connectivity index (χ0v) is 15.0. The van der Waals surface area contributed by atoms with Gasteiger partial charge in [-0.25, -0.2) is 4.98 Å². The van der Waals surface area contributed by atoms with Gasteiger partial charge in [0.1, 0.15) is 4.83 Å². The van der Waals surface area contributed by atoms with Gasteiger partial charge >= 0.3 is 0 Å². The molecule has 2 aromatic heterocycles. The summed E-state index contributed by atoms with van der Waals surface area (Å²) >= 11 is 1.45. The summed E-state index contributed by atoms with van der Waals surface area (Å²) in [6.45, 7) is 5.95. The van der Waals surface area contributed by atoms with Crippen LogP contribution in [0.2, 0.25) is 0 Å². The number of rotatable bonds is 6. The number of hydrogen-bond acceptors (Lipinski definition) is 6. The van der Waals surface area contributed by atoms with Gasteiger partial charge in [0, 0.05) is 52.2 Å². The molecule has 0 saturated carbocycles. The maximum atomic E-state index is 12.2. The highest BCUT2D eigenvalue weighted by molar-refractivity contribution is 7.16. The smallest absolute Gasteiger partial charge is 0.262 e. The van der Waals surface area contributed by atoms with E-state index in [9.17, 15) is 9.59 Å². The van der Waals surface area contributed by atoms with Crippen molar-refractivity contribution in [1.29, 1.82) is 0 Å². The highest BCUT2D eigenvalue weighted by Crippen LogP contribution is 2.13. The van der Waals surface area contributed by atoms with Gasteiger partial charge in [-0.15, -0.1) is 23.7 Å². The molecule has 1 aliphatic rings. The lowest BCUT2D eigenvalue weighted by Gasteiger charge is -2.27.